The van der Waals surface area contributed by atoms with Crippen molar-refractivity contribution < 1.29 is 23.9 Å². The summed E-state index contributed by atoms with van der Waals surface area (Å²) >= 11 is 3.26. The third-order valence-electron chi connectivity index (χ3n) is 4.27. The number of carboxylic acids is 1. The molecule has 140 valence electrons. The van der Waals surface area contributed by atoms with Crippen molar-refractivity contribution in [1.29, 1.82) is 0 Å². The van der Waals surface area contributed by atoms with Crippen LogP contribution in [0.1, 0.15) is 25.3 Å². The second-order valence-electron chi connectivity index (χ2n) is 6.17. The molecule has 0 saturated carbocycles. The van der Waals surface area contributed by atoms with E-state index < -0.39 is 17.8 Å². The third-order valence-corrected chi connectivity index (χ3v) is 4.76. The lowest BCUT2D eigenvalue weighted by atomic mass is 9.95. The summed E-state index contributed by atoms with van der Waals surface area (Å²) in [7, 11) is 0. The van der Waals surface area contributed by atoms with E-state index in [1.54, 1.807) is 17.0 Å². The molecule has 0 aliphatic carbocycles. The fourth-order valence-corrected chi connectivity index (χ4v) is 3.04. The van der Waals surface area contributed by atoms with Gasteiger partial charge in [0.25, 0.3) is 0 Å². The van der Waals surface area contributed by atoms with Crippen molar-refractivity contribution >= 4 is 39.8 Å². The van der Waals surface area contributed by atoms with Gasteiger partial charge in [-0.25, -0.2) is 4.39 Å². The molecule has 0 radical (unpaired) electrons. The van der Waals surface area contributed by atoms with Gasteiger partial charge in [-0.15, -0.1) is 0 Å². The molecule has 0 bridgehead atoms. The number of amides is 2. The molecule has 1 fully saturated rings. The minimum absolute atomic E-state index is 0.248. The van der Waals surface area contributed by atoms with Crippen LogP contribution in [-0.2, 0) is 14.4 Å². The molecule has 1 aliphatic rings. The van der Waals surface area contributed by atoms with Gasteiger partial charge in [0.1, 0.15) is 11.9 Å². The van der Waals surface area contributed by atoms with E-state index in [2.05, 4.69) is 21.2 Å². The number of piperidine rings is 1. The molecule has 0 spiro atoms. The number of carbonyl (C=O) groups excluding carboxylic acids is 2. The maximum atomic E-state index is 13.7. The lowest BCUT2D eigenvalue weighted by Crippen LogP contribution is -2.46. The molecular weight excluding hydrogens is 407 g/mol. The Morgan fingerprint density at radius 2 is 2.00 bits per heavy atom. The first-order chi connectivity index (χ1) is 12.3. The molecule has 1 aromatic rings. The Labute approximate surface area is 159 Å². The van der Waals surface area contributed by atoms with Crippen molar-refractivity contribution in [3.05, 3.63) is 40.1 Å². The molecular formula is C18H20BrFN2O4. The number of hydrogen-bond acceptors (Lipinski definition) is 3. The Hall–Kier alpha value is -2.22. The Bertz CT molecular complexity index is 730. The topological polar surface area (TPSA) is 86.7 Å². The zero-order valence-electron chi connectivity index (χ0n) is 14.2. The number of likely N-dealkylation sites (tertiary alicyclic amines) is 1. The van der Waals surface area contributed by atoms with E-state index in [1.807, 2.05) is 0 Å². The van der Waals surface area contributed by atoms with Crippen LogP contribution in [0.25, 0.3) is 6.08 Å². The maximum Gasteiger partial charge on any atom is 0.325 e. The molecule has 1 atom stereocenters. The fourth-order valence-electron chi connectivity index (χ4n) is 2.66. The number of halogens is 2. The predicted molar refractivity (Wildman–Crippen MR) is 97.7 cm³/mol. The lowest BCUT2D eigenvalue weighted by molar-refractivity contribution is -0.142. The molecule has 2 N–H and O–H groups in total. The zero-order chi connectivity index (χ0) is 19.3. The number of aliphatic carboxylic acids is 1. The van der Waals surface area contributed by atoms with Crippen LogP contribution in [0.2, 0.25) is 0 Å². The standard InChI is InChI=1S/C18H20BrFN2O4/c1-11(18(25)26)21-17(24)12-6-8-22(9-7-12)16(23)5-2-13-10-14(19)3-4-15(13)20/h2-5,10-12H,6-9H2,1H3,(H,21,24)(H,25,26)/b5-2+. The van der Waals surface area contributed by atoms with Gasteiger partial charge in [0.15, 0.2) is 0 Å². The summed E-state index contributed by atoms with van der Waals surface area (Å²) in [5.74, 6) is -2.37. The molecule has 1 heterocycles. The van der Waals surface area contributed by atoms with Gasteiger partial charge in [-0.3, -0.25) is 14.4 Å². The number of nitrogens with one attached hydrogen (secondary N) is 1. The van der Waals surface area contributed by atoms with E-state index in [9.17, 15) is 18.8 Å². The van der Waals surface area contributed by atoms with Crippen molar-refractivity contribution in [3.63, 3.8) is 0 Å². The quantitative estimate of drug-likeness (QED) is 0.707. The van der Waals surface area contributed by atoms with Crippen LogP contribution in [0, 0.1) is 11.7 Å². The molecule has 6 nitrogen and oxygen atoms in total. The van der Waals surface area contributed by atoms with E-state index >= 15 is 0 Å². The molecule has 0 aromatic heterocycles. The summed E-state index contributed by atoms with van der Waals surface area (Å²) < 4.78 is 14.4. The van der Waals surface area contributed by atoms with Crippen molar-refractivity contribution in [2.24, 2.45) is 5.92 Å². The Morgan fingerprint density at radius 3 is 2.62 bits per heavy atom. The number of carbonyl (C=O) groups is 3. The minimum Gasteiger partial charge on any atom is -0.480 e. The van der Waals surface area contributed by atoms with Gasteiger partial charge in [0.05, 0.1) is 0 Å². The van der Waals surface area contributed by atoms with Crippen molar-refractivity contribution in [2.45, 2.75) is 25.8 Å². The minimum atomic E-state index is -1.09. The van der Waals surface area contributed by atoms with Gasteiger partial charge in [0, 0.05) is 35.1 Å². The average Bonchev–Trinajstić information content (AvgIpc) is 2.62. The molecule has 8 heteroatoms. The van der Waals surface area contributed by atoms with E-state index in [4.69, 9.17) is 5.11 Å². The van der Waals surface area contributed by atoms with Crippen molar-refractivity contribution in [2.75, 3.05) is 13.1 Å². The Balaban J connectivity index is 1.88. The predicted octanol–water partition coefficient (Wildman–Crippen LogP) is 2.43. The Kier molecular flexibility index (Phi) is 6.90. The molecule has 1 unspecified atom stereocenters. The van der Waals surface area contributed by atoms with Gasteiger partial charge in [-0.2, -0.15) is 0 Å². The van der Waals surface area contributed by atoms with Crippen LogP contribution in [0.15, 0.2) is 28.7 Å². The molecule has 2 amide bonds. The molecule has 2 rings (SSSR count). The summed E-state index contributed by atoms with van der Waals surface area (Å²) in [5, 5.41) is 11.3. The lowest BCUT2D eigenvalue weighted by Gasteiger charge is -2.31. The van der Waals surface area contributed by atoms with Crippen LogP contribution in [0.3, 0.4) is 0 Å². The van der Waals surface area contributed by atoms with Gasteiger partial charge >= 0.3 is 5.97 Å². The van der Waals surface area contributed by atoms with Crippen LogP contribution >= 0.6 is 15.9 Å². The first-order valence-electron chi connectivity index (χ1n) is 8.23. The summed E-state index contributed by atoms with van der Waals surface area (Å²) in [6, 6.07) is 3.54. The second kappa shape index (κ2) is 8.93. The highest BCUT2D eigenvalue weighted by Crippen LogP contribution is 2.19. The number of nitrogens with zero attached hydrogens (tertiary/aromatic N) is 1. The normalized spacial score (nSPS) is 16.5. The summed E-state index contributed by atoms with van der Waals surface area (Å²) in [4.78, 5) is 36.7. The van der Waals surface area contributed by atoms with Gasteiger partial charge in [-0.1, -0.05) is 15.9 Å². The van der Waals surface area contributed by atoms with Crippen LogP contribution in [0.4, 0.5) is 4.39 Å². The largest absolute Gasteiger partial charge is 0.480 e. The van der Waals surface area contributed by atoms with Gasteiger partial charge in [0.2, 0.25) is 11.8 Å². The first-order valence-corrected chi connectivity index (χ1v) is 9.02. The smallest absolute Gasteiger partial charge is 0.325 e. The highest BCUT2D eigenvalue weighted by molar-refractivity contribution is 9.10. The number of benzene rings is 1. The van der Waals surface area contributed by atoms with Crippen LogP contribution < -0.4 is 5.32 Å². The van der Waals surface area contributed by atoms with E-state index in [0.717, 1.165) is 0 Å². The highest BCUT2D eigenvalue weighted by Gasteiger charge is 2.28. The maximum absolute atomic E-state index is 13.7. The van der Waals surface area contributed by atoms with E-state index in [-0.39, 0.29) is 17.7 Å². The number of hydrogen-bond donors (Lipinski definition) is 2. The van der Waals surface area contributed by atoms with E-state index in [1.165, 1.54) is 25.1 Å². The van der Waals surface area contributed by atoms with E-state index in [0.29, 0.717) is 36.0 Å². The monoisotopic (exact) mass is 426 g/mol. The third kappa shape index (κ3) is 5.39. The SMILES string of the molecule is CC(NC(=O)C1CCN(C(=O)/C=C/c2cc(Br)ccc2F)CC1)C(=O)O. The van der Waals surface area contributed by atoms with Gasteiger partial charge < -0.3 is 15.3 Å². The molecule has 26 heavy (non-hydrogen) atoms. The summed E-state index contributed by atoms with van der Waals surface area (Å²) in [6.07, 6.45) is 3.67. The Morgan fingerprint density at radius 1 is 1.35 bits per heavy atom. The highest BCUT2D eigenvalue weighted by atomic mass is 79.9. The summed E-state index contributed by atoms with van der Waals surface area (Å²) in [6.45, 7) is 2.19. The van der Waals surface area contributed by atoms with Gasteiger partial charge in [-0.05, 0) is 44.0 Å². The second-order valence-corrected chi connectivity index (χ2v) is 7.08. The van der Waals surface area contributed by atoms with Crippen molar-refractivity contribution in [3.8, 4) is 0 Å². The first kappa shape index (κ1) is 20.1. The van der Waals surface area contributed by atoms with Crippen LogP contribution in [0.5, 0.6) is 0 Å². The average molecular weight is 427 g/mol. The molecule has 1 saturated heterocycles. The number of rotatable bonds is 5. The zero-order valence-corrected chi connectivity index (χ0v) is 15.8. The van der Waals surface area contributed by atoms with Crippen LogP contribution in [-0.4, -0.2) is 46.9 Å². The fraction of sp³-hybridized carbons (Fsp3) is 0.389. The molecule has 1 aliphatic heterocycles. The number of carboxylic acid groups (broad SMARTS) is 1. The molecule has 1 aromatic carbocycles. The van der Waals surface area contributed by atoms with Crippen molar-refractivity contribution in [1.82, 2.24) is 10.2 Å². The summed E-state index contributed by atoms with van der Waals surface area (Å²) in [5.41, 5.74) is 0.310.